The summed E-state index contributed by atoms with van der Waals surface area (Å²) in [6, 6.07) is 3.94. The van der Waals surface area contributed by atoms with Crippen LogP contribution in [0.5, 0.6) is 0 Å². The third-order valence-corrected chi connectivity index (χ3v) is 1.36. The summed E-state index contributed by atoms with van der Waals surface area (Å²) < 4.78 is 5.03. The van der Waals surface area contributed by atoms with Crippen molar-refractivity contribution in [2.75, 3.05) is 0 Å². The van der Waals surface area contributed by atoms with E-state index < -0.39 is 0 Å². The molecule has 2 nitrogen and oxygen atoms in total. The molecule has 1 aromatic heterocycles. The second-order valence-corrected chi connectivity index (χ2v) is 1.98. The Morgan fingerprint density at radius 2 is 2.56 bits per heavy atom. The predicted molar refractivity (Wildman–Crippen MR) is 32.4 cm³/mol. The Morgan fingerprint density at radius 1 is 1.56 bits per heavy atom. The highest BCUT2D eigenvalue weighted by Gasteiger charge is 2.10. The van der Waals surface area contributed by atoms with Crippen LogP contribution in [0.2, 0.25) is 0 Å². The summed E-state index contributed by atoms with van der Waals surface area (Å²) in [6.07, 6.45) is 1.77. The van der Waals surface area contributed by atoms with Gasteiger partial charge in [-0.05, 0) is 6.07 Å². The van der Waals surface area contributed by atoms with Crippen molar-refractivity contribution in [1.82, 2.24) is 4.98 Å². The van der Waals surface area contributed by atoms with E-state index in [4.69, 9.17) is 4.74 Å². The van der Waals surface area contributed by atoms with Crippen LogP contribution in [0.15, 0.2) is 18.3 Å². The first kappa shape index (κ1) is 4.94. The summed E-state index contributed by atoms with van der Waals surface area (Å²) >= 11 is 0. The molecule has 1 aliphatic rings. The first-order valence-electron chi connectivity index (χ1n) is 2.85. The van der Waals surface area contributed by atoms with Crippen LogP contribution < -0.4 is 0 Å². The minimum absolute atomic E-state index is 0.684. The van der Waals surface area contributed by atoms with Gasteiger partial charge < -0.3 is 4.74 Å². The molecule has 0 atom stereocenters. The monoisotopic (exact) mass is 120 g/mol. The quantitative estimate of drug-likeness (QED) is 0.512. The van der Waals surface area contributed by atoms with Gasteiger partial charge in [-0.25, -0.2) is 0 Å². The van der Waals surface area contributed by atoms with Gasteiger partial charge in [0.1, 0.15) is 6.61 Å². The third kappa shape index (κ3) is 0.715. The molecule has 1 aromatic rings. The Balaban J connectivity index is 2.54. The van der Waals surface area contributed by atoms with Crippen molar-refractivity contribution in [1.29, 1.82) is 0 Å². The summed E-state index contributed by atoms with van der Waals surface area (Å²) in [5.41, 5.74) is 2.15. The summed E-state index contributed by atoms with van der Waals surface area (Å²) in [5, 5.41) is 0. The number of fused-ring (bicyclic) bond motifs is 1. The van der Waals surface area contributed by atoms with Gasteiger partial charge in [-0.2, -0.15) is 0 Å². The molecule has 2 rings (SSSR count). The van der Waals surface area contributed by atoms with Crippen LogP contribution in [-0.4, -0.2) is 4.98 Å². The first-order valence-corrected chi connectivity index (χ1v) is 2.85. The highest BCUT2D eigenvalue weighted by atomic mass is 16.5. The van der Waals surface area contributed by atoms with E-state index >= 15 is 0 Å². The van der Waals surface area contributed by atoms with Gasteiger partial charge in [0, 0.05) is 11.8 Å². The number of nitrogens with zero attached hydrogens (tertiary/aromatic N) is 1. The van der Waals surface area contributed by atoms with Crippen molar-refractivity contribution >= 4 is 0 Å². The second-order valence-electron chi connectivity index (χ2n) is 1.98. The summed E-state index contributed by atoms with van der Waals surface area (Å²) in [6.45, 7) is 2.37. The van der Waals surface area contributed by atoms with Gasteiger partial charge in [0.05, 0.1) is 12.3 Å². The Morgan fingerprint density at radius 3 is 3.44 bits per heavy atom. The number of rotatable bonds is 0. The number of pyridine rings is 1. The molecular weight excluding hydrogens is 114 g/mol. The second kappa shape index (κ2) is 1.81. The zero-order valence-electron chi connectivity index (χ0n) is 4.87. The van der Waals surface area contributed by atoms with Gasteiger partial charge in [-0.1, -0.05) is 6.07 Å². The van der Waals surface area contributed by atoms with Crippen molar-refractivity contribution in [2.24, 2.45) is 0 Å². The predicted octanol–water partition coefficient (Wildman–Crippen LogP) is 1.12. The zero-order chi connectivity index (χ0) is 6.10. The van der Waals surface area contributed by atoms with Gasteiger partial charge in [0.25, 0.3) is 0 Å². The van der Waals surface area contributed by atoms with Crippen molar-refractivity contribution in [2.45, 2.75) is 6.61 Å². The Bertz CT molecular complexity index is 199. The Hall–Kier alpha value is -0.890. The van der Waals surface area contributed by atoms with Gasteiger partial charge >= 0.3 is 0 Å². The van der Waals surface area contributed by atoms with Crippen molar-refractivity contribution < 1.29 is 4.74 Å². The molecule has 0 aliphatic carbocycles. The number of hydrogen-bond donors (Lipinski definition) is 0. The molecule has 0 N–H and O–H groups in total. The Labute approximate surface area is 53.5 Å². The lowest BCUT2D eigenvalue weighted by Gasteiger charge is -1.89. The van der Waals surface area contributed by atoms with E-state index in [0.29, 0.717) is 6.61 Å². The normalized spacial score (nSPS) is 15.6. The molecule has 0 saturated heterocycles. The van der Waals surface area contributed by atoms with E-state index in [1.807, 2.05) is 12.1 Å². The third-order valence-electron chi connectivity index (χ3n) is 1.36. The molecule has 2 heteroatoms. The van der Waals surface area contributed by atoms with Crippen LogP contribution in [-0.2, 0) is 11.3 Å². The molecule has 45 valence electrons. The molecule has 0 fully saturated rings. The molecular formula is C7H6NO. The summed E-state index contributed by atoms with van der Waals surface area (Å²) in [5.74, 6) is 0. The molecule has 0 aromatic carbocycles. The Kier molecular flexibility index (Phi) is 0.993. The molecule has 1 radical (unpaired) electrons. The smallest absolute Gasteiger partial charge is 0.132 e. The molecule has 2 heterocycles. The average Bonchev–Trinajstić information content (AvgIpc) is 2.33. The van der Waals surface area contributed by atoms with Crippen molar-refractivity contribution in [3.8, 4) is 0 Å². The lowest BCUT2D eigenvalue weighted by atomic mass is 10.2. The fourth-order valence-electron chi connectivity index (χ4n) is 0.889. The minimum atomic E-state index is 0.684. The molecule has 9 heavy (non-hydrogen) atoms. The van der Waals surface area contributed by atoms with E-state index in [1.54, 1.807) is 12.8 Å². The zero-order valence-corrected chi connectivity index (χ0v) is 4.87. The maximum Gasteiger partial charge on any atom is 0.132 e. The van der Waals surface area contributed by atoms with E-state index in [0.717, 1.165) is 5.69 Å². The molecule has 0 saturated carbocycles. The number of hydrogen-bond acceptors (Lipinski definition) is 2. The molecule has 0 unspecified atom stereocenters. The minimum Gasteiger partial charge on any atom is -0.364 e. The van der Waals surface area contributed by atoms with Gasteiger partial charge in [-0.15, -0.1) is 0 Å². The number of aromatic nitrogens is 1. The van der Waals surface area contributed by atoms with Gasteiger partial charge in [0.2, 0.25) is 0 Å². The first-order chi connectivity index (χ1) is 4.47. The topological polar surface area (TPSA) is 22.1 Å². The van der Waals surface area contributed by atoms with Crippen LogP contribution in [0.4, 0.5) is 0 Å². The lowest BCUT2D eigenvalue weighted by Crippen LogP contribution is -1.82. The summed E-state index contributed by atoms with van der Waals surface area (Å²) in [4.78, 5) is 4.08. The average molecular weight is 120 g/mol. The van der Waals surface area contributed by atoms with E-state index in [1.165, 1.54) is 5.56 Å². The van der Waals surface area contributed by atoms with Crippen molar-refractivity contribution in [3.63, 3.8) is 0 Å². The maximum atomic E-state index is 5.03. The van der Waals surface area contributed by atoms with E-state index in [9.17, 15) is 0 Å². The van der Waals surface area contributed by atoms with Gasteiger partial charge in [-0.3, -0.25) is 4.98 Å². The SMILES string of the molecule is [CH]1OCc2cccnc21. The fraction of sp³-hybridized carbons (Fsp3) is 0.143. The molecule has 0 amide bonds. The fourth-order valence-corrected chi connectivity index (χ4v) is 0.889. The lowest BCUT2D eigenvalue weighted by molar-refractivity contribution is 0.223. The molecule has 1 aliphatic heterocycles. The van der Waals surface area contributed by atoms with E-state index in [2.05, 4.69) is 4.98 Å². The standard InChI is InChI=1S/C7H6NO/c1-2-6-4-9-5-7(6)8-3-1/h1-3,5H,4H2. The summed E-state index contributed by atoms with van der Waals surface area (Å²) in [7, 11) is 0. The van der Waals surface area contributed by atoms with Crippen LogP contribution >= 0.6 is 0 Å². The van der Waals surface area contributed by atoms with E-state index in [-0.39, 0.29) is 0 Å². The van der Waals surface area contributed by atoms with Crippen LogP contribution in [0.25, 0.3) is 0 Å². The largest absolute Gasteiger partial charge is 0.364 e. The maximum absolute atomic E-state index is 5.03. The van der Waals surface area contributed by atoms with Gasteiger partial charge in [0.15, 0.2) is 0 Å². The number of ether oxygens (including phenoxy) is 1. The van der Waals surface area contributed by atoms with Crippen LogP contribution in [0.1, 0.15) is 11.3 Å². The molecule has 0 bridgehead atoms. The highest BCUT2D eigenvalue weighted by Crippen LogP contribution is 2.16. The van der Waals surface area contributed by atoms with Crippen LogP contribution in [0, 0.1) is 6.61 Å². The van der Waals surface area contributed by atoms with Crippen molar-refractivity contribution in [3.05, 3.63) is 36.2 Å². The highest BCUT2D eigenvalue weighted by molar-refractivity contribution is 5.26. The van der Waals surface area contributed by atoms with Crippen LogP contribution in [0.3, 0.4) is 0 Å². The molecule has 0 spiro atoms.